The second kappa shape index (κ2) is 17.7. The summed E-state index contributed by atoms with van der Waals surface area (Å²) in [6, 6.07) is 62.4. The molecule has 0 bridgehead atoms. The molecule has 0 aliphatic carbocycles. The van der Waals surface area contributed by atoms with E-state index in [2.05, 4.69) is 226 Å². The molecule has 66 heavy (non-hydrogen) atoms. The van der Waals surface area contributed by atoms with Gasteiger partial charge in [-0.25, -0.2) is 0 Å². The minimum atomic E-state index is -0.943. The second-order valence-corrected chi connectivity index (χ2v) is 21.2. The lowest BCUT2D eigenvalue weighted by molar-refractivity contribution is -0.0893. The standard InChI is InChI=1S/C59H65B3O4/c1-54(2,46-24-12-40(13-25-46)44-20-36-52(37-21-44)61-64-56(5,6)55(3,4)63)47-30-32-50(33-31-47)59(11,48-26-14-41(15-27-48)43-18-34-51(60)35-19-43)49-28-16-42(17-29-49)45-22-38-53(39-23-45)62-65-57(7,8)58(9,10)66-62/h12-39,61,63H,60H2,1-11H3. The first-order valence-corrected chi connectivity index (χ1v) is 23.5. The molecule has 1 unspecified atom stereocenters. The van der Waals surface area contributed by atoms with E-state index in [1.54, 1.807) is 13.8 Å². The van der Waals surface area contributed by atoms with E-state index in [1.807, 2.05) is 13.8 Å². The van der Waals surface area contributed by atoms with E-state index in [1.165, 1.54) is 50.0 Å². The smallest absolute Gasteiger partial charge is 0.427 e. The summed E-state index contributed by atoms with van der Waals surface area (Å²) >= 11 is 0. The number of hydrogen-bond donors (Lipinski definition) is 1. The van der Waals surface area contributed by atoms with Gasteiger partial charge in [0.05, 0.1) is 22.4 Å². The SMILES string of the molecule is Bc1ccc(-c2ccc(C(C)(c3ccc(-c4ccc(B5OC(C)(C)C(C)(C)O5)cc4)cc3)c3ccc(C(C)(C)c4ccc(-c5ccc(BOC(C)(C)C(C)(C)O)cc5)cc4)cc3)cc2)cc1. The Labute approximate surface area is 396 Å². The number of rotatable bonds is 13. The van der Waals surface area contributed by atoms with Crippen LogP contribution in [0.5, 0.6) is 0 Å². The summed E-state index contributed by atoms with van der Waals surface area (Å²) in [7, 11) is 2.18. The number of aliphatic hydroxyl groups is 1. The maximum atomic E-state index is 10.5. The van der Waals surface area contributed by atoms with Crippen molar-refractivity contribution in [2.45, 2.75) is 109 Å². The van der Waals surface area contributed by atoms with Gasteiger partial charge in [0, 0.05) is 10.8 Å². The molecule has 1 aliphatic heterocycles. The van der Waals surface area contributed by atoms with Gasteiger partial charge in [-0.15, -0.1) is 0 Å². The normalized spacial score (nSPS) is 15.9. The van der Waals surface area contributed by atoms with Crippen LogP contribution in [0.1, 0.15) is 104 Å². The Hall–Kier alpha value is -5.43. The summed E-state index contributed by atoms with van der Waals surface area (Å²) in [5.74, 6) is 0. The maximum Gasteiger partial charge on any atom is 0.494 e. The third-order valence-electron chi connectivity index (χ3n) is 15.2. The Morgan fingerprint density at radius 2 is 0.758 bits per heavy atom. The molecule has 0 amide bonds. The molecular weight excluding hydrogens is 805 g/mol. The van der Waals surface area contributed by atoms with Crippen LogP contribution in [-0.4, -0.2) is 50.0 Å². The minimum absolute atomic E-state index is 0.225. The lowest BCUT2D eigenvalue weighted by Gasteiger charge is -2.37. The maximum absolute atomic E-state index is 10.5. The van der Waals surface area contributed by atoms with Crippen molar-refractivity contribution in [3.8, 4) is 33.4 Å². The summed E-state index contributed by atoms with van der Waals surface area (Å²) in [5, 5.41) is 10.5. The summed E-state index contributed by atoms with van der Waals surface area (Å²) in [5.41, 5.74) is 13.6. The van der Waals surface area contributed by atoms with Crippen molar-refractivity contribution in [3.05, 3.63) is 198 Å². The van der Waals surface area contributed by atoms with Crippen LogP contribution in [-0.2, 0) is 24.8 Å². The molecule has 7 aromatic rings. The quantitative estimate of drug-likeness (QED) is 0.0927. The topological polar surface area (TPSA) is 47.9 Å². The van der Waals surface area contributed by atoms with Gasteiger partial charge in [-0.1, -0.05) is 195 Å². The first kappa shape index (κ1) is 47.1. The Morgan fingerprint density at radius 1 is 0.455 bits per heavy atom. The first-order chi connectivity index (χ1) is 31.1. The van der Waals surface area contributed by atoms with E-state index in [0.717, 1.165) is 27.6 Å². The molecule has 0 aromatic heterocycles. The van der Waals surface area contributed by atoms with Crippen molar-refractivity contribution in [2.24, 2.45) is 0 Å². The molecule has 0 radical (unpaired) electrons. The monoisotopic (exact) mass is 871 g/mol. The molecule has 334 valence electrons. The van der Waals surface area contributed by atoms with Crippen molar-refractivity contribution >= 4 is 38.8 Å². The summed E-state index contributed by atoms with van der Waals surface area (Å²) in [6.45, 7) is 22.8. The predicted octanol–water partition coefficient (Wildman–Crippen LogP) is 10.5. The van der Waals surface area contributed by atoms with Crippen LogP contribution in [0.25, 0.3) is 33.4 Å². The van der Waals surface area contributed by atoms with Gasteiger partial charge in [0.15, 0.2) is 0 Å². The molecule has 1 N–H and O–H groups in total. The summed E-state index contributed by atoms with van der Waals surface area (Å²) in [6.07, 6.45) is 0. The van der Waals surface area contributed by atoms with Gasteiger partial charge in [0.2, 0.25) is 0 Å². The van der Waals surface area contributed by atoms with Gasteiger partial charge in [-0.3, -0.25) is 0 Å². The molecule has 1 atom stereocenters. The van der Waals surface area contributed by atoms with Crippen LogP contribution < -0.4 is 16.4 Å². The second-order valence-electron chi connectivity index (χ2n) is 21.2. The van der Waals surface area contributed by atoms with E-state index in [-0.39, 0.29) is 23.7 Å². The van der Waals surface area contributed by atoms with Crippen molar-refractivity contribution in [1.29, 1.82) is 0 Å². The molecule has 7 aromatic carbocycles. The fraction of sp³-hybridized carbons (Fsp3) is 0.288. The zero-order valence-corrected chi connectivity index (χ0v) is 41.1. The highest BCUT2D eigenvalue weighted by Gasteiger charge is 2.51. The highest BCUT2D eigenvalue weighted by atomic mass is 16.7. The lowest BCUT2D eigenvalue weighted by atomic mass is 9.69. The molecule has 4 nitrogen and oxygen atoms in total. The number of hydrogen-bond acceptors (Lipinski definition) is 4. The van der Waals surface area contributed by atoms with Crippen LogP contribution in [0.2, 0.25) is 0 Å². The molecule has 0 saturated carbocycles. The van der Waals surface area contributed by atoms with Gasteiger partial charge >= 0.3 is 14.6 Å². The fourth-order valence-electron chi connectivity index (χ4n) is 8.75. The van der Waals surface area contributed by atoms with E-state index < -0.39 is 16.6 Å². The van der Waals surface area contributed by atoms with Crippen LogP contribution in [0.15, 0.2) is 170 Å². The van der Waals surface area contributed by atoms with E-state index >= 15 is 0 Å². The van der Waals surface area contributed by atoms with Crippen molar-refractivity contribution in [1.82, 2.24) is 0 Å². The fourth-order valence-corrected chi connectivity index (χ4v) is 8.75. The molecule has 8 rings (SSSR count). The Morgan fingerprint density at radius 3 is 1.14 bits per heavy atom. The van der Waals surface area contributed by atoms with Crippen molar-refractivity contribution in [2.75, 3.05) is 0 Å². The summed E-state index contributed by atoms with van der Waals surface area (Å²) < 4.78 is 18.8. The molecule has 0 spiro atoms. The zero-order valence-electron chi connectivity index (χ0n) is 41.1. The van der Waals surface area contributed by atoms with E-state index in [4.69, 9.17) is 14.0 Å². The highest BCUT2D eigenvalue weighted by Crippen LogP contribution is 2.42. The average molecular weight is 871 g/mol. The van der Waals surface area contributed by atoms with Crippen LogP contribution in [0.3, 0.4) is 0 Å². The lowest BCUT2D eigenvalue weighted by Crippen LogP contribution is -2.49. The van der Waals surface area contributed by atoms with Crippen LogP contribution in [0.4, 0.5) is 0 Å². The van der Waals surface area contributed by atoms with Crippen LogP contribution >= 0.6 is 0 Å². The largest absolute Gasteiger partial charge is 0.494 e. The van der Waals surface area contributed by atoms with Gasteiger partial charge in [0.1, 0.15) is 7.85 Å². The molecular formula is C59H65B3O4. The number of benzene rings is 7. The summed E-state index contributed by atoms with van der Waals surface area (Å²) in [4.78, 5) is 0. The molecule has 1 saturated heterocycles. The Kier molecular flexibility index (Phi) is 12.6. The van der Waals surface area contributed by atoms with Gasteiger partial charge in [-0.05, 0) is 129 Å². The van der Waals surface area contributed by atoms with Crippen molar-refractivity contribution in [3.63, 3.8) is 0 Å². The molecule has 7 heteroatoms. The predicted molar refractivity (Wildman–Crippen MR) is 282 cm³/mol. The van der Waals surface area contributed by atoms with Gasteiger partial charge in [-0.2, -0.15) is 0 Å². The van der Waals surface area contributed by atoms with Crippen LogP contribution in [0, 0.1) is 0 Å². The molecule has 1 fully saturated rings. The Bertz CT molecular complexity index is 2740. The zero-order chi connectivity index (χ0) is 47.3. The Balaban J connectivity index is 1.05. The van der Waals surface area contributed by atoms with Crippen molar-refractivity contribution < 1.29 is 19.1 Å². The van der Waals surface area contributed by atoms with E-state index in [9.17, 15) is 5.11 Å². The molecule has 1 heterocycles. The highest BCUT2D eigenvalue weighted by molar-refractivity contribution is 6.62. The minimum Gasteiger partial charge on any atom is -0.427 e. The van der Waals surface area contributed by atoms with Gasteiger partial charge < -0.3 is 19.1 Å². The third-order valence-corrected chi connectivity index (χ3v) is 15.2. The molecule has 1 aliphatic rings. The third kappa shape index (κ3) is 9.29. The van der Waals surface area contributed by atoms with E-state index in [0.29, 0.717) is 7.48 Å². The average Bonchev–Trinajstić information content (AvgIpc) is 3.53. The van der Waals surface area contributed by atoms with Gasteiger partial charge in [0.25, 0.3) is 0 Å². The first-order valence-electron chi connectivity index (χ1n) is 23.5.